The van der Waals surface area contributed by atoms with Crippen molar-refractivity contribution in [1.82, 2.24) is 0 Å². The Morgan fingerprint density at radius 1 is 0.481 bits per heavy atom. The van der Waals surface area contributed by atoms with Crippen LogP contribution in [-0.2, 0) is 95.3 Å². The largest absolute Gasteiger partial charge is 0.462 e. The molecule has 0 N–H and O–H groups in total. The molecule has 52 heavy (non-hydrogen) atoms. The molecule has 0 unspecified atom stereocenters. The van der Waals surface area contributed by atoms with Gasteiger partial charge in [0.2, 0.25) is 0 Å². The van der Waals surface area contributed by atoms with E-state index in [9.17, 15) is 47.9 Å². The number of hydrogen-bond donors (Lipinski definition) is 0. The first kappa shape index (κ1) is 44.7. The zero-order valence-corrected chi connectivity index (χ0v) is 30.0. The molecule has 0 aromatic rings. The molecular weight excluding hydrogens is 704 g/mol. The number of cyclic esters (lactones) is 2. The maximum atomic E-state index is 11.5. The Kier molecular flexibility index (Phi) is 18.8. The molecule has 8 atom stereocenters. The highest BCUT2D eigenvalue weighted by Crippen LogP contribution is 2.27. The second-order valence-corrected chi connectivity index (χ2v) is 11.3. The third kappa shape index (κ3) is 17.1. The Morgan fingerprint density at radius 3 is 0.981 bits per heavy atom. The number of carbonyl (C=O) groups is 10. The van der Waals surface area contributed by atoms with Crippen LogP contribution >= 0.6 is 0 Å². The van der Waals surface area contributed by atoms with Gasteiger partial charge in [-0.3, -0.25) is 47.9 Å². The van der Waals surface area contributed by atoms with Gasteiger partial charge >= 0.3 is 59.7 Å². The number of esters is 10. The Balaban J connectivity index is 0.000000520. The lowest BCUT2D eigenvalue weighted by Gasteiger charge is -2.33. The van der Waals surface area contributed by atoms with E-state index in [1.807, 2.05) is 0 Å². The van der Waals surface area contributed by atoms with Crippen molar-refractivity contribution in [2.45, 2.75) is 130 Å². The van der Waals surface area contributed by atoms with Gasteiger partial charge in [-0.2, -0.15) is 0 Å². The summed E-state index contributed by atoms with van der Waals surface area (Å²) in [6.07, 6.45) is -8.83. The summed E-state index contributed by atoms with van der Waals surface area (Å²) in [6, 6.07) is 0. The maximum absolute atomic E-state index is 11.5. The highest BCUT2D eigenvalue weighted by Gasteiger charge is 2.47. The zero-order chi connectivity index (χ0) is 39.7. The van der Waals surface area contributed by atoms with Gasteiger partial charge < -0.3 is 47.4 Å². The van der Waals surface area contributed by atoms with Crippen LogP contribution in [0.4, 0.5) is 0 Å². The van der Waals surface area contributed by atoms with Gasteiger partial charge in [0, 0.05) is 68.2 Å². The van der Waals surface area contributed by atoms with E-state index in [1.54, 1.807) is 0 Å². The van der Waals surface area contributed by atoms with Crippen LogP contribution in [0.1, 0.15) is 81.1 Å². The van der Waals surface area contributed by atoms with Crippen LogP contribution in [0.5, 0.6) is 0 Å². The fourth-order valence-electron chi connectivity index (χ4n) is 4.96. The Hall–Kier alpha value is -5.30. The van der Waals surface area contributed by atoms with E-state index in [0.29, 0.717) is 0 Å². The van der Waals surface area contributed by atoms with Crippen molar-refractivity contribution in [3.8, 4) is 0 Å². The fourth-order valence-corrected chi connectivity index (χ4v) is 4.96. The molecule has 20 nitrogen and oxygen atoms in total. The van der Waals surface area contributed by atoms with E-state index in [4.69, 9.17) is 47.4 Å². The van der Waals surface area contributed by atoms with E-state index in [-0.39, 0.29) is 25.7 Å². The van der Waals surface area contributed by atoms with Gasteiger partial charge in [0.15, 0.2) is 36.6 Å². The first-order chi connectivity index (χ1) is 24.2. The maximum Gasteiger partial charge on any atom is 0.306 e. The van der Waals surface area contributed by atoms with Crippen LogP contribution in [0.15, 0.2) is 0 Å². The lowest BCUT2D eigenvalue weighted by molar-refractivity contribution is -0.199. The first-order valence-electron chi connectivity index (χ1n) is 15.9. The van der Waals surface area contributed by atoms with Crippen molar-refractivity contribution in [1.29, 1.82) is 0 Å². The van der Waals surface area contributed by atoms with Crippen LogP contribution in [0.2, 0.25) is 0 Å². The van der Waals surface area contributed by atoms with Gasteiger partial charge in [-0.15, -0.1) is 0 Å². The SMILES string of the molecule is CC(=O)OC[C@@H](OC(C)=O)[C@@H](OC(C)=O)[C@H](OC(C)=O)[C@H]1CCC(=O)O1.CC(=O)OC[C@@H](OC(C)=O)[C@@H](OC(C)=O)[C@H](OC(C)=O)[C@H]1CCC(=O)O1. The van der Waals surface area contributed by atoms with E-state index >= 15 is 0 Å². The standard InChI is InChI=1S/2C16H22O10/c2*1-8(17)22-7-13(23-9(2)18)16(25-11(4)20)15(24-10(3)19)12-5-6-14(21)26-12/h2*12-13,15-16H,5-7H2,1-4H3/t2*12-,13-,15-,16-/m11/s1. The summed E-state index contributed by atoms with van der Waals surface area (Å²) >= 11 is 0. The molecular formula is C32H44O20. The lowest BCUT2D eigenvalue weighted by atomic mass is 10.0. The van der Waals surface area contributed by atoms with Crippen molar-refractivity contribution in [3.63, 3.8) is 0 Å². The summed E-state index contributed by atoms with van der Waals surface area (Å²) in [6.45, 7) is 8.11. The molecule has 292 valence electrons. The zero-order valence-electron chi connectivity index (χ0n) is 30.0. The molecule has 0 amide bonds. The molecule has 2 fully saturated rings. The first-order valence-corrected chi connectivity index (χ1v) is 15.9. The lowest BCUT2D eigenvalue weighted by Crippen LogP contribution is -2.52. The smallest absolute Gasteiger partial charge is 0.306 e. The normalized spacial score (nSPS) is 19.5. The summed E-state index contributed by atoms with van der Waals surface area (Å²) in [7, 11) is 0. The van der Waals surface area contributed by atoms with E-state index in [0.717, 1.165) is 55.4 Å². The molecule has 2 aliphatic heterocycles. The molecule has 0 radical (unpaired) electrons. The van der Waals surface area contributed by atoms with Gasteiger partial charge in [-0.1, -0.05) is 0 Å². The van der Waals surface area contributed by atoms with Gasteiger partial charge in [-0.25, -0.2) is 0 Å². The van der Waals surface area contributed by atoms with Crippen molar-refractivity contribution in [2.24, 2.45) is 0 Å². The second-order valence-electron chi connectivity index (χ2n) is 11.3. The number of carbonyl (C=O) groups excluding carboxylic acids is 10. The molecule has 0 spiro atoms. The predicted molar refractivity (Wildman–Crippen MR) is 165 cm³/mol. The highest BCUT2D eigenvalue weighted by molar-refractivity contribution is 5.73. The molecule has 2 aliphatic rings. The molecule has 2 saturated heterocycles. The molecule has 0 bridgehead atoms. The number of ether oxygens (including phenoxy) is 10. The van der Waals surface area contributed by atoms with Gasteiger partial charge in [0.1, 0.15) is 25.4 Å². The van der Waals surface area contributed by atoms with E-state index in [1.165, 1.54) is 0 Å². The number of hydrogen-bond acceptors (Lipinski definition) is 20. The van der Waals surface area contributed by atoms with Crippen LogP contribution in [-0.4, -0.2) is 122 Å². The van der Waals surface area contributed by atoms with E-state index in [2.05, 4.69) is 0 Å². The molecule has 0 aromatic heterocycles. The summed E-state index contributed by atoms with van der Waals surface area (Å²) in [5, 5.41) is 0. The highest BCUT2D eigenvalue weighted by atomic mass is 16.7. The van der Waals surface area contributed by atoms with Gasteiger partial charge in [0.05, 0.1) is 0 Å². The predicted octanol–water partition coefficient (Wildman–Crippen LogP) is 0.100. The molecule has 2 rings (SSSR count). The average molecular weight is 749 g/mol. The molecule has 20 heteroatoms. The fraction of sp³-hybridized carbons (Fsp3) is 0.688. The summed E-state index contributed by atoms with van der Waals surface area (Å²) in [5.74, 6) is -6.72. The molecule has 0 aromatic carbocycles. The summed E-state index contributed by atoms with van der Waals surface area (Å²) < 4.78 is 50.8. The van der Waals surface area contributed by atoms with Crippen LogP contribution < -0.4 is 0 Å². The average Bonchev–Trinajstić information content (AvgIpc) is 3.64. The minimum atomic E-state index is -1.34. The quantitative estimate of drug-likeness (QED) is 0.150. The summed E-state index contributed by atoms with van der Waals surface area (Å²) in [4.78, 5) is 114. The third-order valence-corrected chi connectivity index (χ3v) is 6.69. The van der Waals surface area contributed by atoms with Crippen molar-refractivity contribution in [2.75, 3.05) is 13.2 Å². The van der Waals surface area contributed by atoms with Crippen LogP contribution in [0.25, 0.3) is 0 Å². The van der Waals surface area contributed by atoms with E-state index < -0.39 is 122 Å². The topological polar surface area (TPSA) is 263 Å². The van der Waals surface area contributed by atoms with Crippen molar-refractivity contribution >= 4 is 59.7 Å². The minimum absolute atomic E-state index is 0.0946. The third-order valence-electron chi connectivity index (χ3n) is 6.69. The minimum Gasteiger partial charge on any atom is -0.462 e. The van der Waals surface area contributed by atoms with Gasteiger partial charge in [0.25, 0.3) is 0 Å². The van der Waals surface area contributed by atoms with Crippen molar-refractivity contribution < 1.29 is 95.3 Å². The Labute approximate surface area is 298 Å². The summed E-state index contributed by atoms with van der Waals surface area (Å²) in [5.41, 5.74) is 0. The Morgan fingerprint density at radius 2 is 0.769 bits per heavy atom. The second kappa shape index (κ2) is 21.8. The van der Waals surface area contributed by atoms with Gasteiger partial charge in [-0.05, 0) is 12.8 Å². The molecule has 2 heterocycles. The monoisotopic (exact) mass is 748 g/mol. The Bertz CT molecular complexity index is 1240. The van der Waals surface area contributed by atoms with Crippen LogP contribution in [0, 0.1) is 0 Å². The molecule has 0 saturated carbocycles. The van der Waals surface area contributed by atoms with Crippen LogP contribution in [0.3, 0.4) is 0 Å². The number of rotatable bonds is 16. The van der Waals surface area contributed by atoms with Crippen molar-refractivity contribution in [3.05, 3.63) is 0 Å². The molecule has 0 aliphatic carbocycles.